The standard InChI is InChI=1S/C20H21N3O5/c1-26-19-21-9-12(10-22-19)18(24)23-14-3-4-15(23)8-20(25,7-14)13-2-5-16-17(6-13)28-11-27-16/h2,5-6,9-10,14-15,25H,3-4,7-8,11H2,1H3. The molecule has 3 aliphatic rings. The Morgan fingerprint density at radius 3 is 2.54 bits per heavy atom. The van der Waals surface area contributed by atoms with Gasteiger partial charge in [-0.2, -0.15) is 0 Å². The highest BCUT2D eigenvalue weighted by Gasteiger charge is 2.50. The van der Waals surface area contributed by atoms with Gasteiger partial charge in [0.2, 0.25) is 6.79 Å². The zero-order valence-electron chi connectivity index (χ0n) is 15.5. The van der Waals surface area contributed by atoms with Crippen molar-refractivity contribution in [2.75, 3.05) is 13.9 Å². The lowest BCUT2D eigenvalue weighted by Gasteiger charge is -2.44. The van der Waals surface area contributed by atoms with E-state index in [1.807, 2.05) is 23.1 Å². The van der Waals surface area contributed by atoms with Crippen molar-refractivity contribution in [1.29, 1.82) is 0 Å². The summed E-state index contributed by atoms with van der Waals surface area (Å²) in [5.74, 6) is 1.26. The van der Waals surface area contributed by atoms with Gasteiger partial charge < -0.3 is 24.2 Å². The van der Waals surface area contributed by atoms with Crippen LogP contribution in [-0.4, -0.2) is 51.9 Å². The van der Waals surface area contributed by atoms with Crippen LogP contribution in [0.1, 0.15) is 41.6 Å². The summed E-state index contributed by atoms with van der Waals surface area (Å²) < 4.78 is 15.8. The summed E-state index contributed by atoms with van der Waals surface area (Å²) in [7, 11) is 1.48. The third kappa shape index (κ3) is 2.67. The van der Waals surface area contributed by atoms with E-state index in [1.165, 1.54) is 19.5 Å². The van der Waals surface area contributed by atoms with Crippen molar-refractivity contribution >= 4 is 5.91 Å². The minimum atomic E-state index is -0.986. The number of carbonyl (C=O) groups excluding carboxylic acids is 1. The highest BCUT2D eigenvalue weighted by Crippen LogP contribution is 2.47. The second-order valence-corrected chi connectivity index (χ2v) is 7.56. The lowest BCUT2D eigenvalue weighted by Crippen LogP contribution is -2.52. The number of hydrogen-bond acceptors (Lipinski definition) is 7. The first-order chi connectivity index (χ1) is 13.6. The summed E-state index contributed by atoms with van der Waals surface area (Å²) in [6.45, 7) is 0.203. The Balaban J connectivity index is 1.39. The Morgan fingerprint density at radius 1 is 1.18 bits per heavy atom. The van der Waals surface area contributed by atoms with Crippen molar-refractivity contribution in [2.24, 2.45) is 0 Å². The van der Waals surface area contributed by atoms with E-state index in [4.69, 9.17) is 14.2 Å². The van der Waals surface area contributed by atoms with Gasteiger partial charge in [-0.3, -0.25) is 4.79 Å². The van der Waals surface area contributed by atoms with E-state index in [2.05, 4.69) is 9.97 Å². The Hall–Kier alpha value is -2.87. The summed E-state index contributed by atoms with van der Waals surface area (Å²) in [5.41, 5.74) is 0.264. The van der Waals surface area contributed by atoms with Crippen LogP contribution in [0, 0.1) is 0 Å². The van der Waals surface area contributed by atoms with Crippen molar-refractivity contribution in [3.05, 3.63) is 41.7 Å². The van der Waals surface area contributed by atoms with Gasteiger partial charge in [-0.25, -0.2) is 9.97 Å². The third-order valence-corrected chi connectivity index (χ3v) is 5.97. The molecular weight excluding hydrogens is 362 g/mol. The molecule has 2 saturated heterocycles. The van der Waals surface area contributed by atoms with Crippen LogP contribution in [0.5, 0.6) is 17.5 Å². The molecular formula is C20H21N3O5. The molecule has 4 heterocycles. The van der Waals surface area contributed by atoms with Gasteiger partial charge in [-0.1, -0.05) is 6.07 Å². The number of ether oxygens (including phenoxy) is 3. The van der Waals surface area contributed by atoms with Crippen LogP contribution in [-0.2, 0) is 5.60 Å². The van der Waals surface area contributed by atoms with Crippen LogP contribution in [0.4, 0.5) is 0 Å². The zero-order valence-corrected chi connectivity index (χ0v) is 15.5. The zero-order chi connectivity index (χ0) is 19.3. The monoisotopic (exact) mass is 383 g/mol. The fraction of sp³-hybridized carbons (Fsp3) is 0.450. The molecule has 3 aliphatic heterocycles. The van der Waals surface area contributed by atoms with Crippen LogP contribution in [0.2, 0.25) is 0 Å². The normalized spacial score (nSPS) is 27.7. The molecule has 8 heteroatoms. The average Bonchev–Trinajstić information content (AvgIpc) is 3.29. The first-order valence-corrected chi connectivity index (χ1v) is 9.38. The number of aromatic nitrogens is 2. The van der Waals surface area contributed by atoms with Crippen molar-refractivity contribution in [1.82, 2.24) is 14.9 Å². The van der Waals surface area contributed by atoms with Crippen LogP contribution < -0.4 is 14.2 Å². The minimum absolute atomic E-state index is 0.0243. The molecule has 2 bridgehead atoms. The Labute approximate surface area is 162 Å². The molecule has 2 fully saturated rings. The van der Waals surface area contributed by atoms with Gasteiger partial charge in [-0.15, -0.1) is 0 Å². The number of nitrogens with zero attached hydrogens (tertiary/aromatic N) is 3. The van der Waals surface area contributed by atoms with E-state index in [0.29, 0.717) is 29.9 Å². The van der Waals surface area contributed by atoms with Gasteiger partial charge in [0.15, 0.2) is 11.5 Å². The van der Waals surface area contributed by atoms with Gasteiger partial charge in [0.05, 0.1) is 18.3 Å². The summed E-state index contributed by atoms with van der Waals surface area (Å²) in [4.78, 5) is 23.0. The molecule has 1 amide bonds. The van der Waals surface area contributed by atoms with Crippen LogP contribution in [0.25, 0.3) is 0 Å². The SMILES string of the molecule is COc1ncc(C(=O)N2C3CCC2CC(O)(c2ccc4c(c2)OCO4)C3)cn1. The molecule has 0 radical (unpaired) electrons. The molecule has 1 N–H and O–H groups in total. The predicted molar refractivity (Wildman–Crippen MR) is 97.3 cm³/mol. The maximum absolute atomic E-state index is 13.0. The maximum atomic E-state index is 13.0. The van der Waals surface area contributed by atoms with E-state index >= 15 is 0 Å². The Morgan fingerprint density at radius 2 is 1.86 bits per heavy atom. The fourth-order valence-electron chi connectivity index (χ4n) is 4.66. The second kappa shape index (κ2) is 6.34. The Bertz CT molecular complexity index is 903. The molecule has 1 aromatic heterocycles. The molecule has 2 atom stereocenters. The molecule has 2 unspecified atom stereocenters. The molecule has 2 aromatic rings. The number of piperidine rings is 1. The van der Waals surface area contributed by atoms with Gasteiger partial charge >= 0.3 is 6.01 Å². The van der Waals surface area contributed by atoms with Crippen molar-refractivity contribution < 1.29 is 24.1 Å². The first-order valence-electron chi connectivity index (χ1n) is 9.38. The number of aliphatic hydroxyl groups is 1. The fourth-order valence-corrected chi connectivity index (χ4v) is 4.66. The summed E-state index contributed by atoms with van der Waals surface area (Å²) >= 11 is 0. The number of carbonyl (C=O) groups is 1. The summed E-state index contributed by atoms with van der Waals surface area (Å²) in [5, 5.41) is 11.4. The van der Waals surface area contributed by atoms with Crippen molar-refractivity contribution in [2.45, 2.75) is 43.4 Å². The van der Waals surface area contributed by atoms with E-state index < -0.39 is 5.60 Å². The van der Waals surface area contributed by atoms with Gasteiger partial charge in [0.1, 0.15) is 0 Å². The predicted octanol–water partition coefficient (Wildman–Crippen LogP) is 1.87. The molecule has 1 aromatic carbocycles. The van der Waals surface area contributed by atoms with Crippen LogP contribution in [0.3, 0.4) is 0 Å². The highest BCUT2D eigenvalue weighted by molar-refractivity contribution is 5.94. The molecule has 0 saturated carbocycles. The van der Waals surface area contributed by atoms with E-state index in [-0.39, 0.29) is 30.8 Å². The van der Waals surface area contributed by atoms with Gasteiger partial charge in [-0.05, 0) is 30.5 Å². The van der Waals surface area contributed by atoms with E-state index in [0.717, 1.165) is 18.4 Å². The molecule has 0 spiro atoms. The number of benzene rings is 1. The molecule has 5 rings (SSSR count). The van der Waals surface area contributed by atoms with Crippen LogP contribution in [0.15, 0.2) is 30.6 Å². The van der Waals surface area contributed by atoms with E-state index in [1.54, 1.807) is 0 Å². The largest absolute Gasteiger partial charge is 0.467 e. The molecule has 28 heavy (non-hydrogen) atoms. The Kier molecular flexibility index (Phi) is 3.90. The number of rotatable bonds is 3. The average molecular weight is 383 g/mol. The summed E-state index contributed by atoms with van der Waals surface area (Å²) in [6.07, 6.45) is 5.72. The smallest absolute Gasteiger partial charge is 0.316 e. The van der Waals surface area contributed by atoms with Gasteiger partial charge in [0, 0.05) is 37.3 Å². The minimum Gasteiger partial charge on any atom is -0.467 e. The second-order valence-electron chi connectivity index (χ2n) is 7.56. The lowest BCUT2D eigenvalue weighted by molar-refractivity contribution is -0.0480. The molecule has 146 valence electrons. The number of amides is 1. The van der Waals surface area contributed by atoms with Crippen molar-refractivity contribution in [3.63, 3.8) is 0 Å². The quantitative estimate of drug-likeness (QED) is 0.865. The molecule has 0 aliphatic carbocycles. The number of fused-ring (bicyclic) bond motifs is 3. The van der Waals surface area contributed by atoms with E-state index in [9.17, 15) is 9.90 Å². The highest BCUT2D eigenvalue weighted by atomic mass is 16.7. The number of hydrogen-bond donors (Lipinski definition) is 1. The first kappa shape index (κ1) is 17.2. The lowest BCUT2D eigenvalue weighted by atomic mass is 9.80. The molecule has 8 nitrogen and oxygen atoms in total. The van der Waals surface area contributed by atoms with Gasteiger partial charge in [0.25, 0.3) is 5.91 Å². The topological polar surface area (TPSA) is 94.0 Å². The maximum Gasteiger partial charge on any atom is 0.316 e. The van der Waals surface area contributed by atoms with Crippen LogP contribution >= 0.6 is 0 Å². The summed E-state index contributed by atoms with van der Waals surface area (Å²) in [6, 6.07) is 5.77. The number of methoxy groups -OCH3 is 1. The third-order valence-electron chi connectivity index (χ3n) is 5.97. The van der Waals surface area contributed by atoms with Crippen molar-refractivity contribution in [3.8, 4) is 17.5 Å².